The van der Waals surface area contributed by atoms with Crippen molar-refractivity contribution in [2.24, 2.45) is 17.8 Å². The zero-order valence-corrected chi connectivity index (χ0v) is 28.5. The number of piperidine rings is 1. The Morgan fingerprint density at radius 3 is 2.47 bits per heavy atom. The minimum atomic E-state index is -4.98. The lowest BCUT2D eigenvalue weighted by atomic mass is 9.78. The minimum absolute atomic E-state index is 0.00358. The summed E-state index contributed by atoms with van der Waals surface area (Å²) >= 11 is 0. The Balaban J connectivity index is 1.05. The van der Waals surface area contributed by atoms with Crippen LogP contribution in [0, 0.1) is 17.8 Å². The molecule has 11 nitrogen and oxygen atoms in total. The summed E-state index contributed by atoms with van der Waals surface area (Å²) in [6.07, 6.45) is 7.00. The van der Waals surface area contributed by atoms with Crippen LogP contribution in [0.25, 0.3) is 0 Å². The zero-order valence-electron chi connectivity index (χ0n) is 28.5. The van der Waals surface area contributed by atoms with Crippen molar-refractivity contribution in [1.82, 2.24) is 25.3 Å². The molecule has 3 aromatic rings. The van der Waals surface area contributed by atoms with Gasteiger partial charge in [-0.15, -0.1) is 0 Å². The number of benzene rings is 1. The highest BCUT2D eigenvalue weighted by molar-refractivity contribution is 5.99. The number of carbonyl (C=O) groups is 2. The number of nitrogens with one attached hydrogen (secondary N) is 1. The number of carboxylic acid groups (broad SMARTS) is 1. The van der Waals surface area contributed by atoms with Crippen LogP contribution in [0.15, 0.2) is 42.9 Å². The van der Waals surface area contributed by atoms with Crippen LogP contribution in [-0.2, 0) is 16.4 Å². The SMILES string of the molecule is CC1CC2CC(C1)C(NC(=O)c1cnc(N3CC4(CCCC4)c4cc(OC5CCN(c6ncccn6)CC5)ccc43)nc1C(F)(F)F)(C(=O)O)C2. The van der Waals surface area contributed by atoms with E-state index in [-0.39, 0.29) is 41.6 Å². The molecule has 2 aliphatic heterocycles. The Morgan fingerprint density at radius 1 is 1.02 bits per heavy atom. The normalized spacial score (nSPS) is 27.1. The van der Waals surface area contributed by atoms with Gasteiger partial charge in [0.25, 0.3) is 5.91 Å². The molecular weight excluding hydrogens is 663 g/mol. The van der Waals surface area contributed by atoms with Crippen LogP contribution in [0.4, 0.5) is 30.8 Å². The van der Waals surface area contributed by atoms with Gasteiger partial charge < -0.3 is 25.0 Å². The summed E-state index contributed by atoms with van der Waals surface area (Å²) < 4.78 is 50.5. The van der Waals surface area contributed by atoms with Crippen molar-refractivity contribution in [3.05, 3.63) is 59.7 Å². The molecule has 0 radical (unpaired) electrons. The van der Waals surface area contributed by atoms with E-state index < -0.39 is 34.8 Å². The van der Waals surface area contributed by atoms with Crippen molar-refractivity contribution in [3.8, 4) is 5.75 Å². The molecule has 1 aromatic carbocycles. The second-order valence-electron chi connectivity index (χ2n) is 15.3. The fourth-order valence-electron chi connectivity index (χ4n) is 9.76. The molecule has 1 saturated heterocycles. The number of hydrogen-bond donors (Lipinski definition) is 2. The summed E-state index contributed by atoms with van der Waals surface area (Å²) in [4.78, 5) is 47.1. The van der Waals surface area contributed by atoms with Gasteiger partial charge in [0.1, 0.15) is 17.4 Å². The number of aromatic nitrogens is 4. The molecule has 2 N–H and O–H groups in total. The second kappa shape index (κ2) is 12.6. The molecule has 1 spiro atoms. The molecule has 2 aromatic heterocycles. The lowest BCUT2D eigenvalue weighted by Crippen LogP contribution is -2.57. The van der Waals surface area contributed by atoms with Crippen molar-refractivity contribution >= 4 is 29.5 Å². The number of fused-ring (bicyclic) bond motifs is 4. The van der Waals surface area contributed by atoms with E-state index in [0.29, 0.717) is 25.3 Å². The van der Waals surface area contributed by atoms with E-state index >= 15 is 0 Å². The Kier molecular flexibility index (Phi) is 8.33. The minimum Gasteiger partial charge on any atom is -0.490 e. The predicted octanol–water partition coefficient (Wildman–Crippen LogP) is 6.31. The van der Waals surface area contributed by atoms with Gasteiger partial charge in [-0.3, -0.25) is 4.79 Å². The number of carboxylic acids is 1. The molecule has 2 bridgehead atoms. The Bertz CT molecular complexity index is 1810. The predicted molar refractivity (Wildman–Crippen MR) is 181 cm³/mol. The summed E-state index contributed by atoms with van der Waals surface area (Å²) in [5.41, 5.74) is -2.32. The fourth-order valence-corrected chi connectivity index (χ4v) is 9.76. The summed E-state index contributed by atoms with van der Waals surface area (Å²) in [5.74, 6) is -1.02. The number of rotatable bonds is 7. The molecule has 4 unspecified atom stereocenters. The third-order valence-corrected chi connectivity index (χ3v) is 12.0. The molecule has 14 heteroatoms. The standard InChI is InChI=1S/C37H42F3N7O4/c1-22-15-23-17-24(16-22)36(19-23,32(49)50)45-31(48)27-20-43-34(44-30(27)37(38,39)40)47-21-35(9-2-3-10-35)28-18-26(5-6-29(28)47)51-25-7-13-46(14-8-25)33-41-11-4-12-42-33/h4-6,11-12,18,20,22-25H,2-3,7-10,13-17,19,21H2,1H3,(H,45,48)(H,49,50). The van der Waals surface area contributed by atoms with E-state index in [9.17, 15) is 27.9 Å². The highest BCUT2D eigenvalue weighted by atomic mass is 19.4. The maximum Gasteiger partial charge on any atom is 0.434 e. The maximum absolute atomic E-state index is 14.7. The summed E-state index contributed by atoms with van der Waals surface area (Å²) in [6, 6.07) is 7.55. The van der Waals surface area contributed by atoms with Crippen LogP contribution in [0.1, 0.15) is 92.7 Å². The van der Waals surface area contributed by atoms with E-state index in [1.54, 1.807) is 23.4 Å². The molecule has 1 amide bonds. The average molecular weight is 706 g/mol. The number of aliphatic carboxylic acids is 1. The second-order valence-corrected chi connectivity index (χ2v) is 15.3. The molecule has 270 valence electrons. The third-order valence-electron chi connectivity index (χ3n) is 12.0. The molecule has 4 atom stereocenters. The van der Waals surface area contributed by atoms with E-state index in [4.69, 9.17) is 4.74 Å². The quantitative estimate of drug-likeness (QED) is 0.288. The molecule has 51 heavy (non-hydrogen) atoms. The van der Waals surface area contributed by atoms with Crippen molar-refractivity contribution in [2.45, 2.75) is 94.4 Å². The Hall–Kier alpha value is -4.49. The van der Waals surface area contributed by atoms with Gasteiger partial charge in [0.2, 0.25) is 11.9 Å². The number of amides is 1. The van der Waals surface area contributed by atoms with E-state index in [2.05, 4.69) is 30.2 Å². The number of ether oxygens (including phenoxy) is 1. The van der Waals surface area contributed by atoms with Crippen molar-refractivity contribution in [2.75, 3.05) is 29.4 Å². The molecular formula is C37H42F3N7O4. The highest BCUT2D eigenvalue weighted by Gasteiger charge is 2.57. The lowest BCUT2D eigenvalue weighted by molar-refractivity contribution is -0.146. The molecule has 4 heterocycles. The van der Waals surface area contributed by atoms with Crippen molar-refractivity contribution in [3.63, 3.8) is 0 Å². The number of alkyl halides is 3. The zero-order chi connectivity index (χ0) is 35.5. The maximum atomic E-state index is 14.7. The fraction of sp³-hybridized carbons (Fsp3) is 0.568. The lowest BCUT2D eigenvalue weighted by Gasteiger charge is -2.33. The van der Waals surface area contributed by atoms with Crippen molar-refractivity contribution in [1.29, 1.82) is 0 Å². The van der Waals surface area contributed by atoms with Crippen LogP contribution in [-0.4, -0.2) is 68.2 Å². The van der Waals surface area contributed by atoms with Gasteiger partial charge in [0.15, 0.2) is 5.69 Å². The summed E-state index contributed by atoms with van der Waals surface area (Å²) in [7, 11) is 0. The van der Waals surface area contributed by atoms with Gasteiger partial charge >= 0.3 is 12.1 Å². The number of hydrogen-bond acceptors (Lipinski definition) is 9. The van der Waals surface area contributed by atoms with Crippen molar-refractivity contribution < 1.29 is 32.6 Å². The van der Waals surface area contributed by atoms with Gasteiger partial charge in [-0.25, -0.2) is 24.7 Å². The van der Waals surface area contributed by atoms with E-state index in [0.717, 1.165) is 81.2 Å². The molecule has 3 saturated carbocycles. The van der Waals surface area contributed by atoms with Gasteiger partial charge in [-0.05, 0) is 86.1 Å². The van der Waals surface area contributed by atoms with E-state index in [1.165, 1.54) is 0 Å². The van der Waals surface area contributed by atoms with Gasteiger partial charge in [0, 0.05) is 62.2 Å². The van der Waals surface area contributed by atoms with Gasteiger partial charge in [0.05, 0.1) is 5.56 Å². The first-order chi connectivity index (χ1) is 24.4. The van der Waals surface area contributed by atoms with Gasteiger partial charge in [-0.1, -0.05) is 19.8 Å². The van der Waals surface area contributed by atoms with Crippen LogP contribution in [0.2, 0.25) is 0 Å². The first kappa shape index (κ1) is 33.6. The molecule has 3 aliphatic carbocycles. The highest BCUT2D eigenvalue weighted by Crippen LogP contribution is 2.54. The topological polar surface area (TPSA) is 134 Å². The van der Waals surface area contributed by atoms with Crippen LogP contribution >= 0.6 is 0 Å². The monoisotopic (exact) mass is 705 g/mol. The number of carbonyl (C=O) groups excluding carboxylic acids is 1. The largest absolute Gasteiger partial charge is 0.490 e. The van der Waals surface area contributed by atoms with E-state index in [1.807, 2.05) is 25.1 Å². The first-order valence-corrected chi connectivity index (χ1v) is 18.0. The number of anilines is 3. The molecule has 5 aliphatic rings. The molecule has 4 fully saturated rings. The molecule has 8 rings (SSSR count). The van der Waals surface area contributed by atoms with Crippen LogP contribution in [0.5, 0.6) is 5.75 Å². The average Bonchev–Trinajstić information content (AvgIpc) is 3.79. The Labute approximate surface area is 294 Å². The first-order valence-electron chi connectivity index (χ1n) is 18.0. The summed E-state index contributed by atoms with van der Waals surface area (Å²) in [5, 5.41) is 12.8. The summed E-state index contributed by atoms with van der Waals surface area (Å²) in [6.45, 7) is 3.98. The Morgan fingerprint density at radius 2 is 1.76 bits per heavy atom. The number of halogens is 3. The number of nitrogens with zero attached hydrogens (tertiary/aromatic N) is 6. The smallest absolute Gasteiger partial charge is 0.434 e. The van der Waals surface area contributed by atoms with Crippen LogP contribution < -0.4 is 19.9 Å². The third kappa shape index (κ3) is 6.03. The van der Waals surface area contributed by atoms with Crippen LogP contribution in [0.3, 0.4) is 0 Å². The van der Waals surface area contributed by atoms with Gasteiger partial charge in [-0.2, -0.15) is 13.2 Å².